The number of nitriles is 1. The second-order valence-electron chi connectivity index (χ2n) is 7.81. The van der Waals surface area contributed by atoms with E-state index in [4.69, 9.17) is 18.9 Å². The first-order chi connectivity index (χ1) is 17.5. The number of rotatable bonds is 9. The average molecular weight is 547 g/mol. The Balaban J connectivity index is 1.59. The smallest absolute Gasteiger partial charge is 0.266 e. The van der Waals surface area contributed by atoms with E-state index in [1.807, 2.05) is 36.4 Å². The van der Waals surface area contributed by atoms with E-state index in [0.29, 0.717) is 40.7 Å². The van der Waals surface area contributed by atoms with Crippen LogP contribution >= 0.6 is 15.9 Å². The summed E-state index contributed by atoms with van der Waals surface area (Å²) in [6.45, 7) is 4.33. The molecule has 0 aromatic heterocycles. The number of carbonyl (C=O) groups is 1. The molecule has 0 aliphatic carbocycles. The van der Waals surface area contributed by atoms with Crippen LogP contribution < -0.4 is 24.3 Å². The van der Waals surface area contributed by atoms with Crippen molar-refractivity contribution in [2.75, 3.05) is 19.2 Å². The minimum absolute atomic E-state index is 0.0457. The number of ether oxygens (including phenoxy) is 4. The maximum Gasteiger partial charge on any atom is 0.266 e. The molecule has 36 heavy (non-hydrogen) atoms. The van der Waals surface area contributed by atoms with Gasteiger partial charge in [0.2, 0.25) is 6.79 Å². The zero-order valence-electron chi connectivity index (χ0n) is 19.5. The lowest BCUT2D eigenvalue weighted by molar-refractivity contribution is -0.112. The molecule has 1 aliphatic rings. The number of halogens is 1. The quantitative estimate of drug-likeness (QED) is 0.200. The van der Waals surface area contributed by atoms with Crippen molar-refractivity contribution in [1.29, 1.82) is 5.26 Å². The van der Waals surface area contributed by atoms with Crippen LogP contribution in [0, 0.1) is 11.3 Å². The Labute approximate surface area is 217 Å². The monoisotopic (exact) mass is 546 g/mol. The van der Waals surface area contributed by atoms with Crippen molar-refractivity contribution in [3.8, 4) is 29.1 Å². The predicted molar refractivity (Wildman–Crippen MR) is 140 cm³/mol. The van der Waals surface area contributed by atoms with Gasteiger partial charge in [0.1, 0.15) is 18.2 Å². The number of anilines is 1. The molecule has 0 bridgehead atoms. The summed E-state index contributed by atoms with van der Waals surface area (Å²) in [5.74, 6) is 1.91. The van der Waals surface area contributed by atoms with E-state index in [1.165, 1.54) is 6.08 Å². The summed E-state index contributed by atoms with van der Waals surface area (Å²) in [7, 11) is 1.54. The molecule has 0 fully saturated rings. The van der Waals surface area contributed by atoms with Crippen molar-refractivity contribution in [2.45, 2.75) is 13.0 Å². The highest BCUT2D eigenvalue weighted by Crippen LogP contribution is 2.36. The first-order valence-corrected chi connectivity index (χ1v) is 11.8. The highest BCUT2D eigenvalue weighted by atomic mass is 79.9. The summed E-state index contributed by atoms with van der Waals surface area (Å²) in [6.07, 6.45) is 3.77. The zero-order chi connectivity index (χ0) is 25.5. The van der Waals surface area contributed by atoms with Crippen molar-refractivity contribution in [3.05, 3.63) is 94.0 Å². The van der Waals surface area contributed by atoms with Gasteiger partial charge in [0.15, 0.2) is 23.0 Å². The van der Waals surface area contributed by atoms with Gasteiger partial charge in [0.05, 0.1) is 7.11 Å². The Bertz CT molecular complexity index is 1380. The average Bonchev–Trinajstić information content (AvgIpc) is 3.34. The lowest BCUT2D eigenvalue weighted by Crippen LogP contribution is -2.13. The van der Waals surface area contributed by atoms with E-state index in [1.54, 1.807) is 37.5 Å². The van der Waals surface area contributed by atoms with E-state index >= 15 is 0 Å². The summed E-state index contributed by atoms with van der Waals surface area (Å²) >= 11 is 3.37. The van der Waals surface area contributed by atoms with Gasteiger partial charge in [-0.1, -0.05) is 34.1 Å². The van der Waals surface area contributed by atoms with E-state index in [0.717, 1.165) is 15.6 Å². The minimum Gasteiger partial charge on any atom is -0.493 e. The predicted octanol–water partition coefficient (Wildman–Crippen LogP) is 6.04. The molecular weight excluding hydrogens is 524 g/mol. The van der Waals surface area contributed by atoms with Crippen molar-refractivity contribution in [1.82, 2.24) is 0 Å². The Hall–Kier alpha value is -4.22. The maximum atomic E-state index is 12.7. The number of nitrogens with zero attached hydrogens (tertiary/aromatic N) is 1. The third-order valence-corrected chi connectivity index (χ3v) is 5.81. The largest absolute Gasteiger partial charge is 0.493 e. The number of amides is 1. The summed E-state index contributed by atoms with van der Waals surface area (Å²) in [5, 5.41) is 12.4. The highest BCUT2D eigenvalue weighted by molar-refractivity contribution is 9.10. The van der Waals surface area contributed by atoms with Crippen molar-refractivity contribution >= 4 is 33.6 Å². The van der Waals surface area contributed by atoms with Crippen LogP contribution in [0.1, 0.15) is 16.7 Å². The number of hydrogen-bond acceptors (Lipinski definition) is 6. The third-order valence-electron chi connectivity index (χ3n) is 5.32. The SMILES string of the molecule is C=CCc1cc(/C=C(/C#N)C(=O)Nc2cccc(Br)c2)cc(OC)c1OCc1ccc2c(c1)OCO2. The van der Waals surface area contributed by atoms with Gasteiger partial charge in [-0.05, 0) is 66.1 Å². The summed E-state index contributed by atoms with van der Waals surface area (Å²) in [6, 6.07) is 18.3. The number of benzene rings is 3. The summed E-state index contributed by atoms with van der Waals surface area (Å²) in [4.78, 5) is 12.7. The fourth-order valence-electron chi connectivity index (χ4n) is 3.66. The Morgan fingerprint density at radius 2 is 2.03 bits per heavy atom. The van der Waals surface area contributed by atoms with E-state index < -0.39 is 5.91 Å². The van der Waals surface area contributed by atoms with Gasteiger partial charge in [0.25, 0.3) is 5.91 Å². The first-order valence-electron chi connectivity index (χ1n) is 11.0. The van der Waals surface area contributed by atoms with Crippen LogP contribution in [0.5, 0.6) is 23.0 Å². The van der Waals surface area contributed by atoms with Gasteiger partial charge in [0, 0.05) is 15.7 Å². The molecule has 3 aromatic rings. The summed E-state index contributed by atoms with van der Waals surface area (Å²) < 4.78 is 23.4. The minimum atomic E-state index is -0.511. The van der Waals surface area contributed by atoms with Crippen molar-refractivity contribution < 1.29 is 23.7 Å². The standard InChI is InChI=1S/C28H23BrN2O5/c1-3-5-20-10-19(11-21(15-30)28(32)31-23-7-4-6-22(29)14-23)13-26(33-2)27(20)34-16-18-8-9-24-25(12-18)36-17-35-24/h3-4,6-14H,1,5,16-17H2,2H3,(H,31,32)/b21-11-. The lowest BCUT2D eigenvalue weighted by Gasteiger charge is -2.16. The van der Waals surface area contributed by atoms with Crippen LogP contribution in [0.3, 0.4) is 0 Å². The van der Waals surface area contributed by atoms with E-state index in [2.05, 4.69) is 27.8 Å². The number of hydrogen-bond donors (Lipinski definition) is 1. The Morgan fingerprint density at radius 1 is 1.19 bits per heavy atom. The highest BCUT2D eigenvalue weighted by Gasteiger charge is 2.17. The van der Waals surface area contributed by atoms with Crippen molar-refractivity contribution in [2.24, 2.45) is 0 Å². The molecule has 7 nitrogen and oxygen atoms in total. The number of methoxy groups -OCH3 is 1. The normalized spacial score (nSPS) is 12.0. The Kier molecular flexibility index (Phi) is 7.93. The summed E-state index contributed by atoms with van der Waals surface area (Å²) in [5.41, 5.74) is 2.87. The molecule has 1 heterocycles. The third kappa shape index (κ3) is 5.88. The first kappa shape index (κ1) is 24.9. The molecule has 0 unspecified atom stereocenters. The number of carbonyl (C=O) groups excluding carboxylic acids is 1. The number of fused-ring (bicyclic) bond motifs is 1. The second-order valence-corrected chi connectivity index (χ2v) is 8.73. The molecule has 0 saturated carbocycles. The molecule has 182 valence electrons. The molecule has 3 aromatic carbocycles. The molecule has 1 aliphatic heterocycles. The fourth-order valence-corrected chi connectivity index (χ4v) is 4.05. The molecule has 0 radical (unpaired) electrons. The van der Waals surface area contributed by atoms with Crippen LogP contribution in [0.25, 0.3) is 6.08 Å². The van der Waals surface area contributed by atoms with Gasteiger partial charge < -0.3 is 24.3 Å². The van der Waals surface area contributed by atoms with Crippen LogP contribution in [0.4, 0.5) is 5.69 Å². The molecule has 1 amide bonds. The van der Waals surface area contributed by atoms with Crippen LogP contribution in [0.2, 0.25) is 0 Å². The van der Waals surface area contributed by atoms with Gasteiger partial charge in [-0.2, -0.15) is 5.26 Å². The van der Waals surface area contributed by atoms with Crippen LogP contribution in [-0.2, 0) is 17.8 Å². The van der Waals surface area contributed by atoms with Gasteiger partial charge in [-0.25, -0.2) is 0 Å². The van der Waals surface area contributed by atoms with Gasteiger partial charge >= 0.3 is 0 Å². The lowest BCUT2D eigenvalue weighted by atomic mass is 10.0. The second kappa shape index (κ2) is 11.5. The number of nitrogens with one attached hydrogen (secondary N) is 1. The zero-order valence-corrected chi connectivity index (χ0v) is 21.1. The van der Waals surface area contributed by atoms with Gasteiger partial charge in [-0.15, -0.1) is 6.58 Å². The molecule has 0 spiro atoms. The molecule has 0 saturated heterocycles. The van der Waals surface area contributed by atoms with Crippen LogP contribution in [-0.4, -0.2) is 19.8 Å². The van der Waals surface area contributed by atoms with E-state index in [9.17, 15) is 10.1 Å². The molecule has 1 N–H and O–H groups in total. The fraction of sp³-hybridized carbons (Fsp3) is 0.143. The van der Waals surface area contributed by atoms with Gasteiger partial charge in [-0.3, -0.25) is 4.79 Å². The topological polar surface area (TPSA) is 89.8 Å². The van der Waals surface area contributed by atoms with Crippen LogP contribution in [0.15, 0.2) is 77.3 Å². The molecular formula is C28H23BrN2O5. The van der Waals surface area contributed by atoms with Crippen molar-refractivity contribution in [3.63, 3.8) is 0 Å². The molecule has 8 heteroatoms. The molecule has 0 atom stereocenters. The maximum absolute atomic E-state index is 12.7. The van der Waals surface area contributed by atoms with E-state index in [-0.39, 0.29) is 19.0 Å². The number of allylic oxidation sites excluding steroid dienone is 1. The Morgan fingerprint density at radius 3 is 2.78 bits per heavy atom. The molecule has 4 rings (SSSR count).